The van der Waals surface area contributed by atoms with E-state index in [4.69, 9.17) is 17.3 Å². The number of rotatable bonds is 1. The fourth-order valence-electron chi connectivity index (χ4n) is 1.99. The van der Waals surface area contributed by atoms with Crippen LogP contribution in [-0.4, -0.2) is 9.97 Å². The smallest absolute Gasteiger partial charge is 0.138 e. The topological polar surface area (TPSA) is 54.7 Å². The normalized spacial score (nSPS) is 11.0. The fraction of sp³-hybridized carbons (Fsp3) is 0.0714. The molecule has 0 fully saturated rings. The summed E-state index contributed by atoms with van der Waals surface area (Å²) in [5, 5.41) is 0.546. The molecule has 0 unspecified atom stereocenters. The Labute approximate surface area is 110 Å². The van der Waals surface area contributed by atoms with E-state index in [2.05, 4.69) is 9.97 Å². The molecule has 0 atom stereocenters. The maximum Gasteiger partial charge on any atom is 0.138 e. The number of aryl methyl sites for hydroxylation is 1. The van der Waals surface area contributed by atoms with Gasteiger partial charge in [-0.05, 0) is 36.8 Å². The molecule has 0 aliphatic rings. The summed E-state index contributed by atoms with van der Waals surface area (Å²) < 4.78 is 0. The average Bonchev–Trinajstić information content (AvgIpc) is 2.78. The molecule has 90 valence electrons. The Morgan fingerprint density at radius 1 is 1.22 bits per heavy atom. The Kier molecular flexibility index (Phi) is 2.49. The molecule has 0 aliphatic heterocycles. The van der Waals surface area contributed by atoms with Gasteiger partial charge in [-0.25, -0.2) is 4.98 Å². The summed E-state index contributed by atoms with van der Waals surface area (Å²) >= 11 is 6.03. The van der Waals surface area contributed by atoms with Crippen molar-refractivity contribution < 1.29 is 0 Å². The van der Waals surface area contributed by atoms with Crippen LogP contribution >= 0.6 is 11.6 Å². The van der Waals surface area contributed by atoms with E-state index in [0.717, 1.165) is 28.0 Å². The number of nitrogens with one attached hydrogen (secondary N) is 1. The largest absolute Gasteiger partial charge is 0.398 e. The average molecular weight is 258 g/mol. The minimum atomic E-state index is 0.546. The molecule has 3 N–H and O–H groups in total. The van der Waals surface area contributed by atoms with Crippen molar-refractivity contribution in [3.63, 3.8) is 0 Å². The van der Waals surface area contributed by atoms with Crippen molar-refractivity contribution in [2.75, 3.05) is 5.73 Å². The van der Waals surface area contributed by atoms with Crippen LogP contribution < -0.4 is 5.73 Å². The van der Waals surface area contributed by atoms with Gasteiger partial charge < -0.3 is 10.7 Å². The highest BCUT2D eigenvalue weighted by molar-refractivity contribution is 6.33. The van der Waals surface area contributed by atoms with Gasteiger partial charge >= 0.3 is 0 Å². The summed E-state index contributed by atoms with van der Waals surface area (Å²) in [6.45, 7) is 2.04. The molecule has 2 aromatic carbocycles. The Morgan fingerprint density at radius 2 is 2.06 bits per heavy atom. The summed E-state index contributed by atoms with van der Waals surface area (Å²) in [7, 11) is 0. The SMILES string of the molecule is Cc1cccc2[nH]c(-c3ccc(N)c(Cl)c3)nc12. The third kappa shape index (κ3) is 1.73. The fourth-order valence-corrected chi connectivity index (χ4v) is 2.17. The van der Waals surface area contributed by atoms with Gasteiger partial charge in [0.25, 0.3) is 0 Å². The number of nitrogens with two attached hydrogens (primary N) is 1. The summed E-state index contributed by atoms with van der Waals surface area (Å²) in [5.41, 5.74) is 10.4. The number of imidazole rings is 1. The second kappa shape index (κ2) is 4.03. The predicted molar refractivity (Wildman–Crippen MR) is 75.7 cm³/mol. The second-order valence-corrected chi connectivity index (χ2v) is 4.70. The molecule has 3 nitrogen and oxygen atoms in total. The molecule has 3 aromatic rings. The number of aromatic amines is 1. The van der Waals surface area contributed by atoms with Crippen LogP contribution in [0.5, 0.6) is 0 Å². The molecule has 0 saturated carbocycles. The van der Waals surface area contributed by atoms with E-state index < -0.39 is 0 Å². The number of hydrogen-bond donors (Lipinski definition) is 2. The number of benzene rings is 2. The number of para-hydroxylation sites is 1. The van der Waals surface area contributed by atoms with E-state index >= 15 is 0 Å². The molecule has 0 spiro atoms. The lowest BCUT2D eigenvalue weighted by Gasteiger charge is -2.00. The van der Waals surface area contributed by atoms with Crippen molar-refractivity contribution >= 4 is 28.3 Å². The first-order valence-electron chi connectivity index (χ1n) is 5.66. The highest BCUT2D eigenvalue weighted by Gasteiger charge is 2.08. The van der Waals surface area contributed by atoms with Crippen molar-refractivity contribution in [2.45, 2.75) is 6.92 Å². The van der Waals surface area contributed by atoms with Crippen LogP contribution in [0.25, 0.3) is 22.4 Å². The maximum atomic E-state index is 6.03. The van der Waals surface area contributed by atoms with Gasteiger partial charge in [0.15, 0.2) is 0 Å². The van der Waals surface area contributed by atoms with Crippen LogP contribution in [-0.2, 0) is 0 Å². The number of nitrogens with zero attached hydrogens (tertiary/aromatic N) is 1. The predicted octanol–water partition coefficient (Wildman–Crippen LogP) is 3.77. The number of aromatic nitrogens is 2. The summed E-state index contributed by atoms with van der Waals surface area (Å²) in [6, 6.07) is 11.6. The molecule has 0 amide bonds. The Morgan fingerprint density at radius 3 is 2.78 bits per heavy atom. The third-order valence-electron chi connectivity index (χ3n) is 2.99. The summed E-state index contributed by atoms with van der Waals surface area (Å²) in [5.74, 6) is 0.807. The Bertz CT molecular complexity index is 731. The molecule has 1 heterocycles. The Hall–Kier alpha value is -2.00. The van der Waals surface area contributed by atoms with Gasteiger partial charge in [-0.2, -0.15) is 0 Å². The van der Waals surface area contributed by atoms with Gasteiger partial charge in [-0.15, -0.1) is 0 Å². The quantitative estimate of drug-likeness (QED) is 0.652. The Balaban J connectivity index is 2.19. The van der Waals surface area contributed by atoms with Crippen molar-refractivity contribution in [1.82, 2.24) is 9.97 Å². The molecule has 0 saturated heterocycles. The van der Waals surface area contributed by atoms with Crippen LogP contribution in [0.2, 0.25) is 5.02 Å². The van der Waals surface area contributed by atoms with Gasteiger partial charge in [0.2, 0.25) is 0 Å². The molecule has 0 bridgehead atoms. The van der Waals surface area contributed by atoms with Crippen LogP contribution in [0.15, 0.2) is 36.4 Å². The molecule has 3 rings (SSSR count). The van der Waals surface area contributed by atoms with E-state index in [1.807, 2.05) is 37.3 Å². The van der Waals surface area contributed by atoms with Gasteiger partial charge in [0, 0.05) is 5.56 Å². The minimum absolute atomic E-state index is 0.546. The molecule has 0 radical (unpaired) electrons. The lowest BCUT2D eigenvalue weighted by atomic mass is 10.2. The number of halogens is 1. The van der Waals surface area contributed by atoms with Gasteiger partial charge in [0.1, 0.15) is 5.82 Å². The number of H-pyrrole nitrogens is 1. The van der Waals surface area contributed by atoms with Crippen LogP contribution in [0.3, 0.4) is 0 Å². The number of anilines is 1. The minimum Gasteiger partial charge on any atom is -0.398 e. The molecular formula is C14H12ClN3. The highest BCUT2D eigenvalue weighted by atomic mass is 35.5. The van der Waals surface area contributed by atoms with Gasteiger partial charge in [-0.3, -0.25) is 0 Å². The zero-order valence-electron chi connectivity index (χ0n) is 9.87. The number of hydrogen-bond acceptors (Lipinski definition) is 2. The lowest BCUT2D eigenvalue weighted by molar-refractivity contribution is 1.33. The van der Waals surface area contributed by atoms with Crippen LogP contribution in [0.1, 0.15) is 5.56 Å². The first kappa shape index (κ1) is 11.1. The number of fused-ring (bicyclic) bond motifs is 1. The van der Waals surface area contributed by atoms with E-state index in [-0.39, 0.29) is 0 Å². The van der Waals surface area contributed by atoms with Crippen molar-refractivity contribution in [3.05, 3.63) is 47.0 Å². The molecular weight excluding hydrogens is 246 g/mol. The molecule has 4 heteroatoms. The first-order valence-corrected chi connectivity index (χ1v) is 6.03. The molecule has 18 heavy (non-hydrogen) atoms. The maximum absolute atomic E-state index is 6.03. The standard InChI is InChI=1S/C14H12ClN3/c1-8-3-2-4-12-13(8)18-14(17-12)9-5-6-11(16)10(15)7-9/h2-7H,16H2,1H3,(H,17,18). The van der Waals surface area contributed by atoms with Crippen LogP contribution in [0, 0.1) is 6.92 Å². The zero-order valence-corrected chi connectivity index (χ0v) is 10.6. The van der Waals surface area contributed by atoms with Crippen molar-refractivity contribution in [2.24, 2.45) is 0 Å². The van der Waals surface area contributed by atoms with E-state index in [1.165, 1.54) is 0 Å². The van der Waals surface area contributed by atoms with Crippen molar-refractivity contribution in [1.29, 1.82) is 0 Å². The molecule has 0 aliphatic carbocycles. The lowest BCUT2D eigenvalue weighted by Crippen LogP contribution is -1.87. The van der Waals surface area contributed by atoms with E-state index in [9.17, 15) is 0 Å². The third-order valence-corrected chi connectivity index (χ3v) is 3.32. The highest BCUT2D eigenvalue weighted by Crippen LogP contribution is 2.27. The van der Waals surface area contributed by atoms with Crippen LogP contribution in [0.4, 0.5) is 5.69 Å². The molecule has 1 aromatic heterocycles. The summed E-state index contributed by atoms with van der Waals surface area (Å²) in [4.78, 5) is 7.89. The van der Waals surface area contributed by atoms with Gasteiger partial charge in [-0.1, -0.05) is 23.7 Å². The monoisotopic (exact) mass is 257 g/mol. The zero-order chi connectivity index (χ0) is 12.7. The second-order valence-electron chi connectivity index (χ2n) is 4.29. The first-order chi connectivity index (χ1) is 8.65. The van der Waals surface area contributed by atoms with Gasteiger partial charge in [0.05, 0.1) is 21.7 Å². The van der Waals surface area contributed by atoms with E-state index in [1.54, 1.807) is 6.07 Å². The summed E-state index contributed by atoms with van der Waals surface area (Å²) in [6.07, 6.45) is 0. The number of nitrogen functional groups attached to an aromatic ring is 1. The van der Waals surface area contributed by atoms with E-state index in [0.29, 0.717) is 10.7 Å². The van der Waals surface area contributed by atoms with Crippen molar-refractivity contribution in [3.8, 4) is 11.4 Å².